The second kappa shape index (κ2) is 6.00. The molecule has 17 heavy (non-hydrogen) atoms. The summed E-state index contributed by atoms with van der Waals surface area (Å²) < 4.78 is 9.53. The van der Waals surface area contributed by atoms with Gasteiger partial charge in [-0.15, -0.1) is 0 Å². The molecule has 7 nitrogen and oxygen atoms in total. The number of ether oxygens (including phenoxy) is 2. The summed E-state index contributed by atoms with van der Waals surface area (Å²) in [6, 6.07) is 0. The molecule has 2 N–H and O–H groups in total. The summed E-state index contributed by atoms with van der Waals surface area (Å²) in [6.07, 6.45) is 0. The molecule has 1 heterocycles. The van der Waals surface area contributed by atoms with Gasteiger partial charge in [0.25, 0.3) is 5.91 Å². The number of hydrogen-bond acceptors (Lipinski definition) is 5. The number of aromatic amines is 1. The molecule has 94 valence electrons. The summed E-state index contributed by atoms with van der Waals surface area (Å²) in [5.74, 6) is -0.751. The van der Waals surface area contributed by atoms with Gasteiger partial charge in [0.05, 0.1) is 6.61 Å². The highest BCUT2D eigenvalue weighted by Crippen LogP contribution is 2.17. The maximum atomic E-state index is 11.6. The minimum Gasteiger partial charge on any atom is -0.462 e. The average Bonchev–Trinajstić information content (AvgIpc) is 2.60. The molecule has 0 aliphatic rings. The van der Waals surface area contributed by atoms with E-state index in [9.17, 15) is 9.59 Å². The van der Waals surface area contributed by atoms with Gasteiger partial charge in [-0.2, -0.15) is 5.10 Å². The van der Waals surface area contributed by atoms with E-state index in [-0.39, 0.29) is 30.5 Å². The van der Waals surface area contributed by atoms with Crippen LogP contribution in [0.15, 0.2) is 0 Å². The van der Waals surface area contributed by atoms with Crippen LogP contribution in [0.25, 0.3) is 0 Å². The molecule has 1 rings (SSSR count). The number of aromatic nitrogens is 2. The average molecular weight is 241 g/mol. The van der Waals surface area contributed by atoms with Crippen LogP contribution in [-0.2, 0) is 14.3 Å². The third-order valence-corrected chi connectivity index (χ3v) is 1.96. The summed E-state index contributed by atoms with van der Waals surface area (Å²) in [6.45, 7) is 3.53. The first-order chi connectivity index (χ1) is 8.10. The van der Waals surface area contributed by atoms with Gasteiger partial charge in [0.1, 0.15) is 12.2 Å². The highest BCUT2D eigenvalue weighted by Gasteiger charge is 2.20. The Balaban J connectivity index is 2.86. The van der Waals surface area contributed by atoms with Crippen molar-refractivity contribution in [1.29, 1.82) is 0 Å². The fourth-order valence-corrected chi connectivity index (χ4v) is 1.27. The SMILES string of the molecule is CCOC(=O)c1c(NC(=O)COC)n[nH]c1C. The third kappa shape index (κ3) is 3.28. The second-order valence-corrected chi connectivity index (χ2v) is 3.27. The van der Waals surface area contributed by atoms with Crippen LogP contribution in [0.4, 0.5) is 5.82 Å². The van der Waals surface area contributed by atoms with Gasteiger partial charge in [-0.25, -0.2) is 4.79 Å². The van der Waals surface area contributed by atoms with Crippen molar-refractivity contribution in [3.63, 3.8) is 0 Å². The van der Waals surface area contributed by atoms with E-state index in [1.165, 1.54) is 7.11 Å². The Kier molecular flexibility index (Phi) is 4.65. The Labute approximate surface area is 98.5 Å². The normalized spacial score (nSPS) is 10.1. The van der Waals surface area contributed by atoms with E-state index < -0.39 is 5.97 Å². The zero-order valence-electron chi connectivity index (χ0n) is 9.99. The topological polar surface area (TPSA) is 93.3 Å². The number of rotatable bonds is 5. The van der Waals surface area contributed by atoms with E-state index in [4.69, 9.17) is 4.74 Å². The van der Waals surface area contributed by atoms with Crippen molar-refractivity contribution in [1.82, 2.24) is 10.2 Å². The molecule has 0 saturated carbocycles. The number of nitrogens with zero attached hydrogens (tertiary/aromatic N) is 1. The first-order valence-electron chi connectivity index (χ1n) is 5.11. The number of anilines is 1. The van der Waals surface area contributed by atoms with Gasteiger partial charge in [-0.3, -0.25) is 9.89 Å². The Bertz CT molecular complexity index is 414. The summed E-state index contributed by atoms with van der Waals surface area (Å²) in [4.78, 5) is 22.9. The van der Waals surface area contributed by atoms with Gasteiger partial charge < -0.3 is 14.8 Å². The first-order valence-corrected chi connectivity index (χ1v) is 5.11. The molecule has 7 heteroatoms. The van der Waals surface area contributed by atoms with Crippen LogP contribution in [-0.4, -0.2) is 42.4 Å². The van der Waals surface area contributed by atoms with Crippen molar-refractivity contribution in [2.45, 2.75) is 13.8 Å². The Morgan fingerprint density at radius 3 is 2.76 bits per heavy atom. The van der Waals surface area contributed by atoms with Gasteiger partial charge in [0, 0.05) is 12.8 Å². The van der Waals surface area contributed by atoms with Gasteiger partial charge in [-0.05, 0) is 13.8 Å². The van der Waals surface area contributed by atoms with Crippen LogP contribution < -0.4 is 5.32 Å². The minimum absolute atomic E-state index is 0.103. The van der Waals surface area contributed by atoms with E-state index in [0.29, 0.717) is 5.69 Å². The Morgan fingerprint density at radius 2 is 2.18 bits per heavy atom. The number of nitrogens with one attached hydrogen (secondary N) is 2. The minimum atomic E-state index is -0.522. The summed E-state index contributed by atoms with van der Waals surface area (Å²) in [7, 11) is 1.40. The fraction of sp³-hybridized carbons (Fsp3) is 0.500. The molecule has 1 aromatic rings. The van der Waals surface area contributed by atoms with Crippen molar-refractivity contribution >= 4 is 17.7 Å². The maximum Gasteiger partial charge on any atom is 0.343 e. The first kappa shape index (κ1) is 13.2. The quantitative estimate of drug-likeness (QED) is 0.731. The monoisotopic (exact) mass is 241 g/mol. The zero-order chi connectivity index (χ0) is 12.8. The molecule has 0 aromatic carbocycles. The van der Waals surface area contributed by atoms with E-state index in [1.807, 2.05) is 0 Å². The van der Waals surface area contributed by atoms with Gasteiger partial charge in [0.2, 0.25) is 0 Å². The summed E-state index contributed by atoms with van der Waals surface area (Å²) >= 11 is 0. The Hall–Kier alpha value is -1.89. The standard InChI is InChI=1S/C10H15N3O4/c1-4-17-10(15)8-6(2)12-13-9(8)11-7(14)5-16-3/h4-5H2,1-3H3,(H2,11,12,13,14). The highest BCUT2D eigenvalue weighted by atomic mass is 16.5. The highest BCUT2D eigenvalue weighted by molar-refractivity contribution is 6.01. The van der Waals surface area contributed by atoms with E-state index in [1.54, 1.807) is 13.8 Å². The van der Waals surface area contributed by atoms with Crippen LogP contribution in [0, 0.1) is 6.92 Å². The van der Waals surface area contributed by atoms with Crippen LogP contribution in [0.3, 0.4) is 0 Å². The maximum absolute atomic E-state index is 11.6. The van der Waals surface area contributed by atoms with Crippen LogP contribution in [0.1, 0.15) is 23.0 Å². The van der Waals surface area contributed by atoms with Gasteiger partial charge in [-0.1, -0.05) is 0 Å². The lowest BCUT2D eigenvalue weighted by molar-refractivity contribution is -0.119. The van der Waals surface area contributed by atoms with E-state index in [2.05, 4.69) is 20.3 Å². The molecule has 1 amide bonds. The van der Waals surface area contributed by atoms with Crippen LogP contribution >= 0.6 is 0 Å². The number of carbonyl (C=O) groups is 2. The van der Waals surface area contributed by atoms with Crippen molar-refractivity contribution in [3.8, 4) is 0 Å². The molecule has 0 spiro atoms. The molecule has 0 aliphatic carbocycles. The molecule has 0 fully saturated rings. The van der Waals surface area contributed by atoms with Crippen LogP contribution in [0.2, 0.25) is 0 Å². The molecule has 0 saturated heterocycles. The number of esters is 1. The molecule has 0 atom stereocenters. The lowest BCUT2D eigenvalue weighted by atomic mass is 10.2. The number of aryl methyl sites for hydroxylation is 1. The lowest BCUT2D eigenvalue weighted by Gasteiger charge is -2.04. The zero-order valence-corrected chi connectivity index (χ0v) is 9.99. The molecular formula is C10H15N3O4. The summed E-state index contributed by atoms with van der Waals surface area (Å²) in [5.41, 5.74) is 0.771. The molecule has 0 aliphatic heterocycles. The number of H-pyrrole nitrogens is 1. The molecular weight excluding hydrogens is 226 g/mol. The van der Waals surface area contributed by atoms with Gasteiger partial charge >= 0.3 is 5.97 Å². The second-order valence-electron chi connectivity index (χ2n) is 3.27. The van der Waals surface area contributed by atoms with E-state index >= 15 is 0 Å². The predicted octanol–water partition coefficient (Wildman–Crippen LogP) is 0.480. The fourth-order valence-electron chi connectivity index (χ4n) is 1.27. The number of hydrogen-bond donors (Lipinski definition) is 2. The van der Waals surface area contributed by atoms with Crippen molar-refractivity contribution in [2.75, 3.05) is 25.6 Å². The summed E-state index contributed by atoms with van der Waals surface area (Å²) in [5, 5.41) is 8.91. The predicted molar refractivity (Wildman–Crippen MR) is 59.8 cm³/mol. The van der Waals surface area contributed by atoms with Gasteiger partial charge in [0.15, 0.2) is 5.82 Å². The Morgan fingerprint density at radius 1 is 1.47 bits per heavy atom. The van der Waals surface area contributed by atoms with Crippen molar-refractivity contribution < 1.29 is 19.1 Å². The third-order valence-electron chi connectivity index (χ3n) is 1.96. The number of carbonyl (C=O) groups excluding carboxylic acids is 2. The van der Waals surface area contributed by atoms with E-state index in [0.717, 1.165) is 0 Å². The van der Waals surface area contributed by atoms with Crippen LogP contribution in [0.5, 0.6) is 0 Å². The van der Waals surface area contributed by atoms with Crippen molar-refractivity contribution in [2.24, 2.45) is 0 Å². The smallest absolute Gasteiger partial charge is 0.343 e. The number of amides is 1. The van der Waals surface area contributed by atoms with Crippen molar-refractivity contribution in [3.05, 3.63) is 11.3 Å². The lowest BCUT2D eigenvalue weighted by Crippen LogP contribution is -2.19. The molecule has 0 unspecified atom stereocenters. The molecule has 0 bridgehead atoms. The number of methoxy groups -OCH3 is 1. The largest absolute Gasteiger partial charge is 0.462 e. The molecule has 0 radical (unpaired) electrons. The molecule has 1 aromatic heterocycles.